The van der Waals surface area contributed by atoms with Gasteiger partial charge in [-0.25, -0.2) is 8.42 Å². The van der Waals surface area contributed by atoms with Crippen LogP contribution in [0.1, 0.15) is 38.3 Å². The highest BCUT2D eigenvalue weighted by atomic mass is 32.2. The Hall–Kier alpha value is -3.40. The van der Waals surface area contributed by atoms with Crippen LogP contribution in [-0.4, -0.2) is 81.9 Å². The molecule has 2 fully saturated rings. The average molecular weight is 633 g/mol. The Balaban J connectivity index is 1.34. The second-order valence-corrected chi connectivity index (χ2v) is 13.8. The molecular formula is C32H39F3N4O4S. The van der Waals surface area contributed by atoms with E-state index < -0.39 is 22.6 Å². The minimum atomic E-state index is -4.43. The first-order valence-electron chi connectivity index (χ1n) is 14.8. The van der Waals surface area contributed by atoms with Gasteiger partial charge >= 0.3 is 6.18 Å². The molecule has 8 nitrogen and oxygen atoms in total. The van der Waals surface area contributed by atoms with Gasteiger partial charge in [0.1, 0.15) is 18.9 Å². The van der Waals surface area contributed by atoms with E-state index >= 15 is 0 Å². The van der Waals surface area contributed by atoms with Crippen LogP contribution in [0.3, 0.4) is 0 Å². The smallest absolute Gasteiger partial charge is 0.406 e. The van der Waals surface area contributed by atoms with Gasteiger partial charge in [-0.15, -0.1) is 0 Å². The summed E-state index contributed by atoms with van der Waals surface area (Å²) in [5, 5.41) is 7.21. The molecule has 0 unspecified atom stereocenters. The zero-order valence-electron chi connectivity index (χ0n) is 25.3. The van der Waals surface area contributed by atoms with Crippen LogP contribution >= 0.6 is 0 Å². The van der Waals surface area contributed by atoms with E-state index in [2.05, 4.69) is 34.3 Å². The maximum absolute atomic E-state index is 13.7. The van der Waals surface area contributed by atoms with Crippen LogP contribution < -0.4 is 15.4 Å². The average Bonchev–Trinajstić information content (AvgIpc) is 3.33. The number of hydrogen-bond donors (Lipinski definition) is 2. The number of rotatable bonds is 8. The van der Waals surface area contributed by atoms with Crippen LogP contribution in [0.5, 0.6) is 5.75 Å². The third-order valence-electron chi connectivity index (χ3n) is 8.64. The van der Waals surface area contributed by atoms with Gasteiger partial charge < -0.3 is 24.7 Å². The van der Waals surface area contributed by atoms with Crippen molar-refractivity contribution in [3.8, 4) is 17.6 Å². The van der Waals surface area contributed by atoms with Gasteiger partial charge in [0, 0.05) is 49.0 Å². The van der Waals surface area contributed by atoms with E-state index in [1.54, 1.807) is 25.2 Å². The zero-order valence-corrected chi connectivity index (χ0v) is 26.1. The number of sulfone groups is 1. The minimum Gasteiger partial charge on any atom is -0.479 e. The Morgan fingerprint density at radius 3 is 2.48 bits per heavy atom. The van der Waals surface area contributed by atoms with Crippen molar-refractivity contribution in [3.05, 3.63) is 48.2 Å². The lowest BCUT2D eigenvalue weighted by atomic mass is 9.79. The predicted octanol–water partition coefficient (Wildman–Crippen LogP) is 5.52. The number of halogens is 3. The molecule has 12 heteroatoms. The summed E-state index contributed by atoms with van der Waals surface area (Å²) in [6, 6.07) is 11.7. The number of aromatic nitrogens is 1. The number of alkyl halides is 3. The molecule has 1 saturated carbocycles. The highest BCUT2D eigenvalue weighted by molar-refractivity contribution is 7.90. The molecule has 0 bridgehead atoms. The van der Waals surface area contributed by atoms with Crippen LogP contribution in [-0.2, 0) is 21.1 Å². The lowest BCUT2D eigenvalue weighted by molar-refractivity contribution is -0.140. The fourth-order valence-electron chi connectivity index (χ4n) is 6.19. The minimum absolute atomic E-state index is 0.102. The lowest BCUT2D eigenvalue weighted by Crippen LogP contribution is -2.54. The molecule has 44 heavy (non-hydrogen) atoms. The molecule has 0 atom stereocenters. The number of hydrogen-bond acceptors (Lipinski definition) is 7. The normalized spacial score (nSPS) is 21.5. The van der Waals surface area contributed by atoms with Gasteiger partial charge in [-0.05, 0) is 74.9 Å². The van der Waals surface area contributed by atoms with E-state index in [1.165, 1.54) is 22.8 Å². The number of nitrogens with zero attached hydrogens (tertiary/aromatic N) is 2. The Labute approximate surface area is 256 Å². The van der Waals surface area contributed by atoms with Crippen molar-refractivity contribution in [2.24, 2.45) is 0 Å². The first-order valence-corrected chi connectivity index (χ1v) is 16.7. The summed E-state index contributed by atoms with van der Waals surface area (Å²) in [7, 11) is -1.76. The summed E-state index contributed by atoms with van der Waals surface area (Å²) in [6.45, 7) is 4.48. The summed E-state index contributed by atoms with van der Waals surface area (Å²) in [4.78, 5) is 2.67. The third-order valence-corrected chi connectivity index (χ3v) is 9.76. The van der Waals surface area contributed by atoms with E-state index in [4.69, 9.17) is 9.47 Å². The van der Waals surface area contributed by atoms with Crippen LogP contribution in [0.4, 0.5) is 24.5 Å². The molecule has 5 rings (SSSR count). The van der Waals surface area contributed by atoms with Crippen molar-refractivity contribution in [2.75, 3.05) is 56.8 Å². The number of ether oxygens (including phenoxy) is 2. The Morgan fingerprint density at radius 1 is 1.09 bits per heavy atom. The molecule has 0 radical (unpaired) electrons. The summed E-state index contributed by atoms with van der Waals surface area (Å²) in [6.07, 6.45) is 0.705. The van der Waals surface area contributed by atoms with E-state index in [0.29, 0.717) is 22.3 Å². The first kappa shape index (κ1) is 32.0. The number of benzene rings is 2. The number of morpholine rings is 1. The molecule has 0 spiro atoms. The summed E-state index contributed by atoms with van der Waals surface area (Å²) in [5.41, 5.74) is 2.09. The second-order valence-electron chi connectivity index (χ2n) is 11.8. The molecule has 0 amide bonds. The second kappa shape index (κ2) is 12.9. The standard InChI is InChI=1S/C32H39F3N4O4S/c1-31(38-15-18-42-19-16-38)13-11-23(12-14-31)37-27-7-4-8-29-26(27)20-24(39(29)22-32(33,34)35)6-5-17-43-30-10-9-25(44(3,40)41)21-28(30)36-2/h4,7-10,20-21,23,36-37H,11-19,22H2,1-3H3. The van der Waals surface area contributed by atoms with Gasteiger partial charge in [-0.1, -0.05) is 12.0 Å². The van der Waals surface area contributed by atoms with Crippen molar-refractivity contribution >= 4 is 32.1 Å². The Kier molecular flexibility index (Phi) is 9.39. The fourth-order valence-corrected chi connectivity index (χ4v) is 6.84. The highest BCUT2D eigenvalue weighted by Crippen LogP contribution is 2.37. The number of fused-ring (bicyclic) bond motifs is 1. The molecule has 2 N–H and O–H groups in total. The highest BCUT2D eigenvalue weighted by Gasteiger charge is 2.37. The van der Waals surface area contributed by atoms with Gasteiger partial charge in [-0.3, -0.25) is 4.90 Å². The maximum Gasteiger partial charge on any atom is 0.406 e. The maximum atomic E-state index is 13.7. The molecule has 2 aromatic carbocycles. The van der Waals surface area contributed by atoms with E-state index in [0.717, 1.165) is 63.9 Å². The van der Waals surface area contributed by atoms with E-state index in [-0.39, 0.29) is 28.8 Å². The largest absolute Gasteiger partial charge is 0.479 e. The van der Waals surface area contributed by atoms with Crippen LogP contribution in [0.15, 0.2) is 47.4 Å². The van der Waals surface area contributed by atoms with Crippen molar-refractivity contribution < 1.29 is 31.1 Å². The summed E-state index contributed by atoms with van der Waals surface area (Å²) in [5.74, 6) is 6.09. The quantitative estimate of drug-likeness (QED) is 0.316. The lowest BCUT2D eigenvalue weighted by Gasteiger charge is -2.47. The van der Waals surface area contributed by atoms with E-state index in [1.807, 2.05) is 6.07 Å². The van der Waals surface area contributed by atoms with Crippen molar-refractivity contribution in [2.45, 2.75) is 61.8 Å². The zero-order chi connectivity index (χ0) is 31.5. The SMILES string of the molecule is CNc1cc(S(C)(=O)=O)ccc1OCC#Cc1cc2c(NC3CCC(C)(N4CCOCC4)CC3)cccc2n1CC(F)(F)F. The third kappa shape index (κ3) is 7.45. The van der Waals surface area contributed by atoms with Crippen molar-refractivity contribution in [1.29, 1.82) is 0 Å². The number of nitrogens with one attached hydrogen (secondary N) is 2. The summed E-state index contributed by atoms with van der Waals surface area (Å²) >= 11 is 0. The topological polar surface area (TPSA) is 84.8 Å². The monoisotopic (exact) mass is 632 g/mol. The molecule has 1 aromatic heterocycles. The van der Waals surface area contributed by atoms with Gasteiger partial charge in [0.25, 0.3) is 0 Å². The van der Waals surface area contributed by atoms with Gasteiger partial charge in [0.05, 0.1) is 35.0 Å². The Bertz CT molecular complexity index is 1650. The molecule has 2 heterocycles. The summed E-state index contributed by atoms with van der Waals surface area (Å²) < 4.78 is 77.2. The van der Waals surface area contributed by atoms with Crippen LogP contribution in [0, 0.1) is 11.8 Å². The number of anilines is 2. The van der Waals surface area contributed by atoms with Crippen molar-refractivity contribution in [3.63, 3.8) is 0 Å². The molecule has 2 aliphatic rings. The molecule has 238 valence electrons. The molecule has 1 aliphatic heterocycles. The van der Waals surface area contributed by atoms with Crippen LogP contribution in [0.25, 0.3) is 10.9 Å². The molecule has 1 aliphatic carbocycles. The fraction of sp³-hybridized carbons (Fsp3) is 0.500. The van der Waals surface area contributed by atoms with E-state index in [9.17, 15) is 21.6 Å². The van der Waals surface area contributed by atoms with Gasteiger partial charge in [0.15, 0.2) is 9.84 Å². The first-order chi connectivity index (χ1) is 20.9. The Morgan fingerprint density at radius 2 is 1.82 bits per heavy atom. The molecule has 1 saturated heterocycles. The van der Waals surface area contributed by atoms with Gasteiger partial charge in [-0.2, -0.15) is 13.2 Å². The van der Waals surface area contributed by atoms with Gasteiger partial charge in [0.2, 0.25) is 0 Å². The van der Waals surface area contributed by atoms with Crippen LogP contribution in [0.2, 0.25) is 0 Å². The predicted molar refractivity (Wildman–Crippen MR) is 166 cm³/mol. The van der Waals surface area contributed by atoms with Crippen molar-refractivity contribution in [1.82, 2.24) is 9.47 Å². The molecule has 3 aromatic rings. The molecular weight excluding hydrogens is 593 g/mol.